The van der Waals surface area contributed by atoms with Gasteiger partial charge < -0.3 is 15.3 Å². The molecule has 1 aliphatic heterocycles. The van der Waals surface area contributed by atoms with Gasteiger partial charge in [-0.25, -0.2) is 0 Å². The Labute approximate surface area is 152 Å². The van der Waals surface area contributed by atoms with Crippen molar-refractivity contribution in [2.45, 2.75) is 96.1 Å². The Morgan fingerprint density at radius 1 is 0.880 bits per heavy atom. The van der Waals surface area contributed by atoms with Gasteiger partial charge in [-0.05, 0) is 60.0 Å². The summed E-state index contributed by atoms with van der Waals surface area (Å²) in [6.45, 7) is 7.24. The number of carboxylic acid groups (broad SMARTS) is 2. The minimum atomic E-state index is -0.740. The second-order valence-electron chi connectivity index (χ2n) is 7.77. The summed E-state index contributed by atoms with van der Waals surface area (Å²) in [5.41, 5.74) is -0.606. The molecule has 1 fully saturated rings. The van der Waals surface area contributed by atoms with Crippen LogP contribution in [0.5, 0.6) is 0 Å². The van der Waals surface area contributed by atoms with Gasteiger partial charge in [-0.1, -0.05) is 25.7 Å². The van der Waals surface area contributed by atoms with Gasteiger partial charge in [0.15, 0.2) is 0 Å². The first-order valence-corrected chi connectivity index (χ1v) is 9.38. The average molecular weight is 360 g/mol. The lowest BCUT2D eigenvalue weighted by molar-refractivity contribution is -0.138. The molecule has 25 heavy (non-hydrogen) atoms. The van der Waals surface area contributed by atoms with Crippen LogP contribution in [-0.2, 0) is 9.59 Å². The normalized spacial score (nSPS) is 22.8. The van der Waals surface area contributed by atoms with Crippen LogP contribution in [0.2, 0.25) is 0 Å². The molecule has 0 spiro atoms. The molecule has 0 aliphatic carbocycles. The van der Waals surface area contributed by atoms with Gasteiger partial charge >= 0.3 is 11.9 Å². The van der Waals surface area contributed by atoms with Crippen LogP contribution in [0.4, 0.5) is 0 Å². The molecule has 6 heteroatoms. The minimum absolute atomic E-state index is 0.0781. The second kappa shape index (κ2) is 11.5. The number of rotatable bonds is 9. The number of unbranched alkanes of at least 4 members (excludes halogenated alkanes) is 5. The lowest BCUT2D eigenvalue weighted by Crippen LogP contribution is -2.61. The van der Waals surface area contributed by atoms with E-state index >= 15 is 0 Å². The van der Waals surface area contributed by atoms with Crippen molar-refractivity contribution in [2.75, 3.05) is 13.6 Å². The average Bonchev–Trinajstić information content (AvgIpc) is 2.48. The van der Waals surface area contributed by atoms with E-state index < -0.39 is 17.5 Å². The number of carbonyl (C=O) groups is 2. The van der Waals surface area contributed by atoms with E-state index in [9.17, 15) is 14.7 Å². The van der Waals surface area contributed by atoms with Crippen molar-refractivity contribution in [1.82, 2.24) is 4.90 Å². The quantitative estimate of drug-likeness (QED) is 0.545. The molecule has 6 nitrogen and oxygen atoms in total. The molecule has 0 saturated carbocycles. The fourth-order valence-corrected chi connectivity index (χ4v) is 2.92. The van der Waals surface area contributed by atoms with Gasteiger partial charge in [-0.2, -0.15) is 0 Å². The van der Waals surface area contributed by atoms with E-state index in [4.69, 9.17) is 10.2 Å². The Hall–Kier alpha value is -1.14. The molecule has 1 heterocycles. The lowest BCUT2D eigenvalue weighted by Gasteiger charge is -2.50. The summed E-state index contributed by atoms with van der Waals surface area (Å²) in [5, 5.41) is 26.7. The molecule has 1 atom stereocenters. The molecule has 0 aromatic carbocycles. The highest BCUT2D eigenvalue weighted by molar-refractivity contribution is 5.66. The maximum atomic E-state index is 10.1. The van der Waals surface area contributed by atoms with Crippen molar-refractivity contribution < 1.29 is 24.9 Å². The minimum Gasteiger partial charge on any atom is -0.481 e. The van der Waals surface area contributed by atoms with Crippen LogP contribution in [-0.4, -0.2) is 56.9 Å². The Balaban J connectivity index is 0.000000472. The zero-order valence-electron chi connectivity index (χ0n) is 16.4. The van der Waals surface area contributed by atoms with Gasteiger partial charge in [-0.3, -0.25) is 14.5 Å². The van der Waals surface area contributed by atoms with E-state index in [1.54, 1.807) is 0 Å². The third kappa shape index (κ3) is 9.80. The van der Waals surface area contributed by atoms with Gasteiger partial charge in [0, 0.05) is 18.4 Å². The van der Waals surface area contributed by atoms with Crippen LogP contribution < -0.4 is 0 Å². The zero-order chi connectivity index (χ0) is 19.5. The molecule has 3 N–H and O–H groups in total. The highest BCUT2D eigenvalue weighted by Crippen LogP contribution is 2.35. The molecule has 0 aromatic heterocycles. The van der Waals surface area contributed by atoms with Crippen molar-refractivity contribution in [2.24, 2.45) is 0 Å². The third-order valence-corrected chi connectivity index (χ3v) is 5.46. The van der Waals surface area contributed by atoms with Gasteiger partial charge in [0.2, 0.25) is 0 Å². The van der Waals surface area contributed by atoms with Crippen molar-refractivity contribution in [3.63, 3.8) is 0 Å². The van der Waals surface area contributed by atoms with E-state index in [0.717, 1.165) is 57.9 Å². The maximum Gasteiger partial charge on any atom is 0.303 e. The van der Waals surface area contributed by atoms with E-state index in [1.165, 1.54) is 0 Å². The zero-order valence-corrected chi connectivity index (χ0v) is 16.4. The van der Waals surface area contributed by atoms with Crippen LogP contribution in [0, 0.1) is 0 Å². The summed E-state index contributed by atoms with van der Waals surface area (Å²) >= 11 is 0. The highest BCUT2D eigenvalue weighted by Gasteiger charge is 2.44. The molecule has 148 valence electrons. The first-order valence-electron chi connectivity index (χ1n) is 9.38. The predicted molar refractivity (Wildman–Crippen MR) is 98.8 cm³/mol. The number of carboxylic acids is 2. The van der Waals surface area contributed by atoms with Crippen molar-refractivity contribution in [3.8, 4) is 0 Å². The first kappa shape index (κ1) is 23.9. The summed E-state index contributed by atoms with van der Waals surface area (Å²) in [4.78, 5) is 22.5. The highest BCUT2D eigenvalue weighted by atomic mass is 16.4. The fraction of sp³-hybridized carbons (Fsp3) is 0.895. The van der Waals surface area contributed by atoms with E-state index in [1.807, 2.05) is 6.92 Å². The number of likely N-dealkylation sites (tertiary alicyclic amines) is 1. The molecular weight excluding hydrogens is 322 g/mol. The number of aliphatic carboxylic acids is 2. The number of hydrogen-bond acceptors (Lipinski definition) is 4. The number of aliphatic hydroxyl groups is 1. The monoisotopic (exact) mass is 359 g/mol. The third-order valence-electron chi connectivity index (χ3n) is 5.46. The Kier molecular flexibility index (Phi) is 10.9. The summed E-state index contributed by atoms with van der Waals surface area (Å²) in [6.07, 6.45) is 7.85. The molecule has 1 aliphatic rings. The molecule has 1 unspecified atom stereocenters. The van der Waals surface area contributed by atoms with Crippen LogP contribution in [0.25, 0.3) is 0 Å². The molecule has 0 amide bonds. The maximum absolute atomic E-state index is 10.1. The fourth-order valence-electron chi connectivity index (χ4n) is 2.92. The van der Waals surface area contributed by atoms with Gasteiger partial charge in [0.1, 0.15) is 0 Å². The molecular formula is C19H37NO5. The van der Waals surface area contributed by atoms with Gasteiger partial charge in [0.25, 0.3) is 0 Å². The second-order valence-corrected chi connectivity index (χ2v) is 7.77. The molecule has 0 bridgehead atoms. The lowest BCUT2D eigenvalue weighted by atomic mass is 9.76. The smallest absolute Gasteiger partial charge is 0.303 e. The topological polar surface area (TPSA) is 98.1 Å². The Morgan fingerprint density at radius 3 is 1.60 bits per heavy atom. The standard InChI is InChI=1S/C10H18O4.C9H19NO/c11-9(12)7-5-3-1-2-4-6-8-10(13)14;1-8(2)9(3,11)6-5-7-10(8)4/h1-8H2,(H,11,12)(H,13,14);11H,5-7H2,1-4H3. The predicted octanol–water partition coefficient (Wildman–Crippen LogP) is 3.52. The molecule has 1 rings (SSSR count). The van der Waals surface area contributed by atoms with Gasteiger partial charge in [0.05, 0.1) is 5.60 Å². The van der Waals surface area contributed by atoms with Gasteiger partial charge in [-0.15, -0.1) is 0 Å². The molecule has 0 aromatic rings. The van der Waals surface area contributed by atoms with Crippen LogP contribution in [0.3, 0.4) is 0 Å². The Bertz CT molecular complexity index is 387. The summed E-state index contributed by atoms with van der Waals surface area (Å²) in [6, 6.07) is 0. The van der Waals surface area contributed by atoms with Crippen LogP contribution in [0.1, 0.15) is 85.0 Å². The molecule has 0 radical (unpaired) electrons. The summed E-state index contributed by atoms with van der Waals surface area (Å²) in [7, 11) is 2.08. The number of nitrogens with zero attached hydrogens (tertiary/aromatic N) is 1. The summed E-state index contributed by atoms with van der Waals surface area (Å²) < 4.78 is 0. The first-order chi connectivity index (χ1) is 11.5. The Morgan fingerprint density at radius 2 is 1.28 bits per heavy atom. The largest absolute Gasteiger partial charge is 0.481 e. The number of hydrogen-bond donors (Lipinski definition) is 3. The summed E-state index contributed by atoms with van der Waals surface area (Å²) in [5.74, 6) is -1.48. The van der Waals surface area contributed by atoms with Crippen molar-refractivity contribution in [1.29, 1.82) is 0 Å². The van der Waals surface area contributed by atoms with E-state index in [2.05, 4.69) is 25.8 Å². The number of piperidine rings is 1. The van der Waals surface area contributed by atoms with Crippen molar-refractivity contribution in [3.05, 3.63) is 0 Å². The van der Waals surface area contributed by atoms with Crippen LogP contribution >= 0.6 is 0 Å². The number of likely N-dealkylation sites (N-methyl/N-ethyl adjacent to an activating group) is 1. The van der Waals surface area contributed by atoms with Crippen LogP contribution in [0.15, 0.2) is 0 Å². The molecule has 1 saturated heterocycles. The van der Waals surface area contributed by atoms with E-state index in [0.29, 0.717) is 0 Å². The van der Waals surface area contributed by atoms with E-state index in [-0.39, 0.29) is 18.4 Å². The van der Waals surface area contributed by atoms with Crippen molar-refractivity contribution >= 4 is 11.9 Å². The SMILES string of the molecule is CN1CCCC(C)(O)C1(C)C.O=C(O)CCCCCCCCC(=O)O.